The molecular weight excluding hydrogens is 387 g/mol. The number of halogens is 3. The average Bonchev–Trinajstić information content (AvgIpc) is 2.61. The lowest BCUT2D eigenvalue weighted by molar-refractivity contribution is -0.154. The van der Waals surface area contributed by atoms with Crippen LogP contribution >= 0.6 is 0 Å². The number of nitrogens with zero attached hydrogens (tertiary/aromatic N) is 1. The molecule has 0 radical (unpaired) electrons. The molecule has 0 spiro atoms. The third-order valence-electron chi connectivity index (χ3n) is 3.10. The Morgan fingerprint density at radius 1 is 1.11 bits per heavy atom. The molecule has 0 aliphatic rings. The molecule has 2 rings (SSSR count). The summed E-state index contributed by atoms with van der Waals surface area (Å²) in [5, 5.41) is 2.45. The summed E-state index contributed by atoms with van der Waals surface area (Å²) in [4.78, 5) is 15.6. The third kappa shape index (κ3) is 7.23. The zero-order valence-electron chi connectivity index (χ0n) is 13.9. The highest BCUT2D eigenvalue weighted by Gasteiger charge is 2.28. The number of carbonyl (C=O) groups excluding carboxylic acids is 1. The number of nitrogens with one attached hydrogen (secondary N) is 2. The number of hydrogen-bond acceptors (Lipinski definition) is 5. The maximum Gasteiger partial charge on any atom is 0.422 e. The van der Waals surface area contributed by atoms with Crippen molar-refractivity contribution in [2.75, 3.05) is 18.5 Å². The van der Waals surface area contributed by atoms with Crippen LogP contribution in [-0.2, 0) is 14.8 Å². The second kappa shape index (κ2) is 8.82. The van der Waals surface area contributed by atoms with Crippen molar-refractivity contribution < 1.29 is 31.1 Å². The first-order chi connectivity index (χ1) is 12.7. The van der Waals surface area contributed by atoms with Crippen LogP contribution in [0.3, 0.4) is 0 Å². The predicted octanol–water partition coefficient (Wildman–Crippen LogP) is 2.33. The monoisotopic (exact) mass is 403 g/mol. The number of anilines is 1. The zero-order valence-corrected chi connectivity index (χ0v) is 14.7. The van der Waals surface area contributed by atoms with E-state index in [9.17, 15) is 26.4 Å². The summed E-state index contributed by atoms with van der Waals surface area (Å²) in [6.07, 6.45) is -3.47. The Hall–Kier alpha value is -2.66. The van der Waals surface area contributed by atoms with E-state index in [1.807, 2.05) is 0 Å². The topological polar surface area (TPSA) is 97.4 Å². The van der Waals surface area contributed by atoms with Crippen LogP contribution in [-0.4, -0.2) is 38.6 Å². The number of amides is 1. The lowest BCUT2D eigenvalue weighted by Gasteiger charge is -2.09. The van der Waals surface area contributed by atoms with E-state index in [1.54, 1.807) is 18.2 Å². The first-order valence-electron chi connectivity index (χ1n) is 7.66. The van der Waals surface area contributed by atoms with Gasteiger partial charge in [0.25, 0.3) is 0 Å². The van der Waals surface area contributed by atoms with Crippen molar-refractivity contribution in [1.82, 2.24) is 9.71 Å². The SMILES string of the molecule is O=C(CCNS(=O)(=O)c1ccccc1)Nc1ccc(OCC(F)(F)F)nc1. The minimum absolute atomic E-state index is 0.0871. The second-order valence-corrected chi connectivity index (χ2v) is 7.06. The molecule has 0 unspecified atom stereocenters. The number of benzene rings is 1. The van der Waals surface area contributed by atoms with E-state index in [2.05, 4.69) is 19.8 Å². The lowest BCUT2D eigenvalue weighted by atomic mass is 10.3. The average molecular weight is 403 g/mol. The Kier molecular flexibility index (Phi) is 6.75. The fraction of sp³-hybridized carbons (Fsp3) is 0.250. The number of sulfonamides is 1. The predicted molar refractivity (Wildman–Crippen MR) is 90.7 cm³/mol. The number of carbonyl (C=O) groups is 1. The molecule has 0 aliphatic heterocycles. The summed E-state index contributed by atoms with van der Waals surface area (Å²) < 4.78 is 66.9. The summed E-state index contributed by atoms with van der Waals surface area (Å²) in [6, 6.07) is 10.2. The minimum atomic E-state index is -4.47. The molecule has 0 aliphatic carbocycles. The highest BCUT2D eigenvalue weighted by atomic mass is 32.2. The zero-order chi connectivity index (χ0) is 19.9. The van der Waals surface area contributed by atoms with Crippen molar-refractivity contribution in [3.05, 3.63) is 48.7 Å². The van der Waals surface area contributed by atoms with Crippen molar-refractivity contribution in [3.63, 3.8) is 0 Å². The molecule has 2 aromatic rings. The van der Waals surface area contributed by atoms with Crippen LogP contribution in [0.1, 0.15) is 6.42 Å². The van der Waals surface area contributed by atoms with E-state index >= 15 is 0 Å². The lowest BCUT2D eigenvalue weighted by Crippen LogP contribution is -2.27. The van der Waals surface area contributed by atoms with E-state index in [0.717, 1.165) is 6.20 Å². The molecule has 146 valence electrons. The molecule has 0 saturated carbocycles. The Morgan fingerprint density at radius 2 is 1.81 bits per heavy atom. The van der Waals surface area contributed by atoms with Gasteiger partial charge in [0.15, 0.2) is 6.61 Å². The van der Waals surface area contributed by atoms with Gasteiger partial charge in [-0.25, -0.2) is 18.1 Å². The van der Waals surface area contributed by atoms with Gasteiger partial charge in [-0.3, -0.25) is 4.79 Å². The van der Waals surface area contributed by atoms with E-state index in [4.69, 9.17) is 0 Å². The molecule has 1 heterocycles. The van der Waals surface area contributed by atoms with Gasteiger partial charge in [0.05, 0.1) is 16.8 Å². The first kappa shape index (κ1) is 20.6. The molecule has 0 atom stereocenters. The smallest absolute Gasteiger partial charge is 0.422 e. The van der Waals surface area contributed by atoms with E-state index in [0.29, 0.717) is 0 Å². The Labute approximate surface area is 153 Å². The van der Waals surface area contributed by atoms with Gasteiger partial charge in [-0.1, -0.05) is 18.2 Å². The summed E-state index contributed by atoms with van der Waals surface area (Å²) in [5.41, 5.74) is 0.241. The molecule has 0 saturated heterocycles. The Morgan fingerprint density at radius 3 is 2.41 bits per heavy atom. The Bertz CT molecular complexity index is 857. The highest BCUT2D eigenvalue weighted by Crippen LogP contribution is 2.18. The van der Waals surface area contributed by atoms with Crippen LogP contribution in [0.2, 0.25) is 0 Å². The van der Waals surface area contributed by atoms with Crippen molar-refractivity contribution >= 4 is 21.6 Å². The van der Waals surface area contributed by atoms with Gasteiger partial charge in [-0.05, 0) is 18.2 Å². The molecule has 7 nitrogen and oxygen atoms in total. The van der Waals surface area contributed by atoms with Crippen molar-refractivity contribution in [2.45, 2.75) is 17.5 Å². The van der Waals surface area contributed by atoms with Gasteiger partial charge in [-0.15, -0.1) is 0 Å². The molecule has 0 bridgehead atoms. The first-order valence-corrected chi connectivity index (χ1v) is 9.14. The minimum Gasteiger partial charge on any atom is -0.468 e. The van der Waals surface area contributed by atoms with E-state index in [1.165, 1.54) is 24.3 Å². The number of hydrogen-bond donors (Lipinski definition) is 2. The van der Waals surface area contributed by atoms with Gasteiger partial charge in [0.1, 0.15) is 0 Å². The summed E-state index contributed by atoms with van der Waals surface area (Å²) >= 11 is 0. The van der Waals surface area contributed by atoms with Crippen LogP contribution < -0.4 is 14.8 Å². The second-order valence-electron chi connectivity index (χ2n) is 5.30. The van der Waals surface area contributed by atoms with E-state index in [-0.39, 0.29) is 29.4 Å². The number of alkyl halides is 3. The molecule has 1 aromatic heterocycles. The maximum absolute atomic E-state index is 12.0. The molecule has 27 heavy (non-hydrogen) atoms. The highest BCUT2D eigenvalue weighted by molar-refractivity contribution is 7.89. The summed E-state index contributed by atoms with van der Waals surface area (Å²) in [5.74, 6) is -0.725. The van der Waals surface area contributed by atoms with Crippen LogP contribution in [0.25, 0.3) is 0 Å². The van der Waals surface area contributed by atoms with Crippen molar-refractivity contribution in [1.29, 1.82) is 0 Å². The number of ether oxygens (including phenoxy) is 1. The summed E-state index contributed by atoms with van der Waals surface area (Å²) in [6.45, 7) is -1.59. The van der Waals surface area contributed by atoms with Gasteiger partial charge < -0.3 is 10.1 Å². The molecule has 0 fully saturated rings. The normalized spacial score (nSPS) is 11.8. The molecule has 1 amide bonds. The van der Waals surface area contributed by atoms with Crippen molar-refractivity contribution in [3.8, 4) is 5.88 Å². The fourth-order valence-electron chi connectivity index (χ4n) is 1.90. The van der Waals surface area contributed by atoms with E-state index < -0.39 is 28.7 Å². The number of rotatable bonds is 8. The van der Waals surface area contributed by atoms with Gasteiger partial charge in [0, 0.05) is 19.0 Å². The molecule has 11 heteroatoms. The maximum atomic E-state index is 12.0. The number of aromatic nitrogens is 1. The molecule has 1 aromatic carbocycles. The van der Waals surface area contributed by atoms with Gasteiger partial charge >= 0.3 is 6.18 Å². The quantitative estimate of drug-likeness (QED) is 0.705. The summed E-state index contributed by atoms with van der Waals surface area (Å²) in [7, 11) is -3.70. The van der Waals surface area contributed by atoms with Crippen LogP contribution in [0.5, 0.6) is 5.88 Å². The third-order valence-corrected chi connectivity index (χ3v) is 4.58. The van der Waals surface area contributed by atoms with Gasteiger partial charge in [0.2, 0.25) is 21.8 Å². The fourth-order valence-corrected chi connectivity index (χ4v) is 2.95. The molecule has 2 N–H and O–H groups in total. The van der Waals surface area contributed by atoms with Gasteiger partial charge in [-0.2, -0.15) is 13.2 Å². The van der Waals surface area contributed by atoms with Crippen LogP contribution in [0, 0.1) is 0 Å². The molecular formula is C16H16F3N3O4S. The largest absolute Gasteiger partial charge is 0.468 e. The van der Waals surface area contributed by atoms with Crippen LogP contribution in [0.15, 0.2) is 53.6 Å². The number of pyridine rings is 1. The standard InChI is InChI=1S/C16H16F3N3O4S/c17-16(18,19)11-26-15-7-6-12(10-20-15)22-14(23)8-9-21-27(24,25)13-4-2-1-3-5-13/h1-7,10,21H,8-9,11H2,(H,22,23). The van der Waals surface area contributed by atoms with Crippen molar-refractivity contribution in [2.24, 2.45) is 0 Å². The van der Waals surface area contributed by atoms with Crippen LogP contribution in [0.4, 0.5) is 18.9 Å². The Balaban J connectivity index is 1.79.